The van der Waals surface area contributed by atoms with Crippen molar-refractivity contribution in [2.75, 3.05) is 0 Å². The van der Waals surface area contributed by atoms with Crippen molar-refractivity contribution in [3.63, 3.8) is 0 Å². The zero-order valence-electron chi connectivity index (χ0n) is 18.5. The summed E-state index contributed by atoms with van der Waals surface area (Å²) in [4.78, 5) is 25.3. The highest BCUT2D eigenvalue weighted by Crippen LogP contribution is 2.71. The Labute approximate surface area is 174 Å². The molecule has 4 nitrogen and oxygen atoms in total. The van der Waals surface area contributed by atoms with Gasteiger partial charge in [-0.15, -0.1) is 0 Å². The van der Waals surface area contributed by atoms with E-state index in [1.54, 1.807) is 0 Å². The number of fused-ring (bicyclic) bond motifs is 7. The third-order valence-corrected chi connectivity index (χ3v) is 9.60. The molecular weight excluding hydrogens is 364 g/mol. The number of hydrogen-bond acceptors (Lipinski definition) is 4. The van der Waals surface area contributed by atoms with E-state index in [1.165, 1.54) is 0 Å². The van der Waals surface area contributed by atoms with E-state index in [0.29, 0.717) is 41.8 Å². The van der Waals surface area contributed by atoms with Gasteiger partial charge >= 0.3 is 5.97 Å². The summed E-state index contributed by atoms with van der Waals surface area (Å²) in [5, 5.41) is 11.8. The standard InChI is InChI=1S/C25H36O4/c1-22(2,3)21(27)29-14-6-10-24(5)18-8-9-23(4)19(16-12-17(16)20(23)26)15(18)7-11-25(24,28)13-14/h7,11,14-19,28H,6,8-10,12-13H2,1-5H3/t14-,15?,16+,17-,18?,19?,23-,24+,25-/m0/s1. The average Bonchev–Trinajstić information content (AvgIpc) is 3.37. The Hall–Kier alpha value is -1.16. The highest BCUT2D eigenvalue weighted by molar-refractivity contribution is 5.92. The first-order chi connectivity index (χ1) is 13.4. The van der Waals surface area contributed by atoms with E-state index in [9.17, 15) is 14.7 Å². The van der Waals surface area contributed by atoms with Crippen LogP contribution in [0.1, 0.15) is 73.1 Å². The molecule has 0 saturated heterocycles. The van der Waals surface area contributed by atoms with Gasteiger partial charge in [0.25, 0.3) is 0 Å². The molecule has 5 aliphatic rings. The molecule has 5 aliphatic carbocycles. The van der Waals surface area contributed by atoms with Crippen molar-refractivity contribution in [2.24, 2.45) is 45.8 Å². The van der Waals surface area contributed by atoms with Gasteiger partial charge in [-0.05, 0) is 76.5 Å². The third kappa shape index (κ3) is 2.53. The van der Waals surface area contributed by atoms with Crippen molar-refractivity contribution in [2.45, 2.75) is 84.8 Å². The minimum Gasteiger partial charge on any atom is -0.462 e. The molecule has 9 atom stereocenters. The quantitative estimate of drug-likeness (QED) is 0.526. The summed E-state index contributed by atoms with van der Waals surface area (Å²) in [6, 6.07) is 0. The lowest BCUT2D eigenvalue weighted by atomic mass is 9.45. The summed E-state index contributed by atoms with van der Waals surface area (Å²) in [5.74, 6) is 2.47. The van der Waals surface area contributed by atoms with Gasteiger partial charge in [-0.1, -0.05) is 26.0 Å². The molecule has 0 aromatic heterocycles. The summed E-state index contributed by atoms with van der Waals surface area (Å²) in [6.07, 6.45) is 9.27. The maximum atomic E-state index is 12.9. The van der Waals surface area contributed by atoms with E-state index < -0.39 is 11.0 Å². The second-order valence-corrected chi connectivity index (χ2v) is 12.3. The molecule has 0 heterocycles. The van der Waals surface area contributed by atoms with Crippen LogP contribution < -0.4 is 0 Å². The molecule has 0 spiro atoms. The lowest BCUT2D eigenvalue weighted by Crippen LogP contribution is -2.61. The zero-order valence-corrected chi connectivity index (χ0v) is 18.5. The molecule has 4 heteroatoms. The molecule has 160 valence electrons. The highest BCUT2D eigenvalue weighted by Gasteiger charge is 2.71. The Morgan fingerprint density at radius 1 is 1.21 bits per heavy atom. The van der Waals surface area contributed by atoms with Crippen LogP contribution in [0.25, 0.3) is 0 Å². The van der Waals surface area contributed by atoms with E-state index in [4.69, 9.17) is 4.74 Å². The van der Waals surface area contributed by atoms with Gasteiger partial charge in [0.15, 0.2) is 0 Å². The van der Waals surface area contributed by atoms with E-state index in [-0.39, 0.29) is 22.9 Å². The number of rotatable bonds is 1. The Bertz CT molecular complexity index is 793. The van der Waals surface area contributed by atoms with Crippen LogP contribution in [0.3, 0.4) is 0 Å². The van der Waals surface area contributed by atoms with Gasteiger partial charge in [-0.2, -0.15) is 0 Å². The molecule has 3 unspecified atom stereocenters. The molecule has 0 aliphatic heterocycles. The number of aliphatic hydroxyl groups is 1. The highest BCUT2D eigenvalue weighted by atomic mass is 16.5. The first-order valence-electron chi connectivity index (χ1n) is 11.6. The molecule has 5 rings (SSSR count). The van der Waals surface area contributed by atoms with Gasteiger partial charge < -0.3 is 9.84 Å². The van der Waals surface area contributed by atoms with Gasteiger partial charge in [0.2, 0.25) is 0 Å². The maximum absolute atomic E-state index is 12.9. The van der Waals surface area contributed by atoms with Crippen LogP contribution in [0.4, 0.5) is 0 Å². The fraction of sp³-hybridized carbons (Fsp3) is 0.840. The smallest absolute Gasteiger partial charge is 0.311 e. The second-order valence-electron chi connectivity index (χ2n) is 12.3. The van der Waals surface area contributed by atoms with Crippen LogP contribution in [-0.2, 0) is 14.3 Å². The summed E-state index contributed by atoms with van der Waals surface area (Å²) in [5.41, 5.74) is -1.83. The Balaban J connectivity index is 1.42. The monoisotopic (exact) mass is 400 g/mol. The van der Waals surface area contributed by atoms with Crippen molar-refractivity contribution < 1.29 is 19.4 Å². The van der Waals surface area contributed by atoms with Gasteiger partial charge in [-0.25, -0.2) is 0 Å². The van der Waals surface area contributed by atoms with Gasteiger partial charge in [0.1, 0.15) is 11.9 Å². The molecule has 29 heavy (non-hydrogen) atoms. The lowest BCUT2D eigenvalue weighted by Gasteiger charge is -2.61. The SMILES string of the molecule is CC(C)(C)C(=O)O[C@H]1CC[C@]2(C)C3CC[C@]4(C)C(=O)[C@H]5C[C@H]5C4C3C=C[C@]2(O)C1. The third-order valence-electron chi connectivity index (χ3n) is 9.60. The van der Waals surface area contributed by atoms with Crippen molar-refractivity contribution in [3.05, 3.63) is 12.2 Å². The molecular formula is C25H36O4. The first-order valence-corrected chi connectivity index (χ1v) is 11.6. The lowest BCUT2D eigenvalue weighted by molar-refractivity contribution is -0.187. The number of allylic oxidation sites excluding steroid dienone is 1. The van der Waals surface area contributed by atoms with E-state index in [0.717, 1.165) is 32.1 Å². The molecule has 1 N–H and O–H groups in total. The number of esters is 1. The van der Waals surface area contributed by atoms with Crippen LogP contribution in [0, 0.1) is 45.8 Å². The van der Waals surface area contributed by atoms with Crippen LogP contribution >= 0.6 is 0 Å². The molecule has 0 aromatic rings. The van der Waals surface area contributed by atoms with Crippen LogP contribution in [-0.4, -0.2) is 28.6 Å². The van der Waals surface area contributed by atoms with Crippen LogP contribution in [0.2, 0.25) is 0 Å². The summed E-state index contributed by atoms with van der Waals surface area (Å²) in [6.45, 7) is 10.1. The predicted octanol–water partition coefficient (Wildman–Crippen LogP) is 4.30. The minimum atomic E-state index is -0.936. The topological polar surface area (TPSA) is 63.6 Å². The minimum absolute atomic E-state index is 0.148. The van der Waals surface area contributed by atoms with Crippen LogP contribution in [0.5, 0.6) is 0 Å². The molecule has 0 amide bonds. The molecule has 0 aromatic carbocycles. The fourth-order valence-corrected chi connectivity index (χ4v) is 7.69. The Kier molecular flexibility index (Phi) is 3.92. The second kappa shape index (κ2) is 5.75. The number of ether oxygens (including phenoxy) is 1. The Morgan fingerprint density at radius 3 is 2.62 bits per heavy atom. The summed E-state index contributed by atoms with van der Waals surface area (Å²) >= 11 is 0. The summed E-state index contributed by atoms with van der Waals surface area (Å²) < 4.78 is 5.80. The first kappa shape index (κ1) is 19.8. The van der Waals surface area contributed by atoms with E-state index >= 15 is 0 Å². The number of carbonyl (C=O) groups excluding carboxylic acids is 2. The van der Waals surface area contributed by atoms with Gasteiger partial charge in [0.05, 0.1) is 11.0 Å². The number of hydrogen-bond donors (Lipinski definition) is 1. The largest absolute Gasteiger partial charge is 0.462 e. The van der Waals surface area contributed by atoms with Crippen molar-refractivity contribution in [1.29, 1.82) is 0 Å². The summed E-state index contributed by atoms with van der Waals surface area (Å²) in [7, 11) is 0. The normalized spacial score (nSPS) is 52.8. The van der Waals surface area contributed by atoms with E-state index in [2.05, 4.69) is 19.9 Å². The van der Waals surface area contributed by atoms with Crippen molar-refractivity contribution in [1.82, 2.24) is 0 Å². The average molecular weight is 401 g/mol. The molecule has 0 bridgehead atoms. The zero-order chi connectivity index (χ0) is 21.0. The predicted molar refractivity (Wildman–Crippen MR) is 110 cm³/mol. The number of carbonyl (C=O) groups is 2. The van der Waals surface area contributed by atoms with Crippen molar-refractivity contribution >= 4 is 11.8 Å². The molecule has 4 fully saturated rings. The Morgan fingerprint density at radius 2 is 1.93 bits per heavy atom. The van der Waals surface area contributed by atoms with Crippen molar-refractivity contribution in [3.8, 4) is 0 Å². The molecule has 0 radical (unpaired) electrons. The fourth-order valence-electron chi connectivity index (χ4n) is 7.69. The van der Waals surface area contributed by atoms with Gasteiger partial charge in [-0.3, -0.25) is 9.59 Å². The molecule has 4 saturated carbocycles. The number of Topliss-reactive ketones (excluding diaryl/α,β-unsaturated/α-hetero) is 1. The van der Waals surface area contributed by atoms with E-state index in [1.807, 2.05) is 26.8 Å². The maximum Gasteiger partial charge on any atom is 0.311 e. The van der Waals surface area contributed by atoms with Gasteiger partial charge in [0, 0.05) is 23.2 Å². The van der Waals surface area contributed by atoms with Crippen LogP contribution in [0.15, 0.2) is 12.2 Å². The number of ketones is 1.